The van der Waals surface area contributed by atoms with Crippen LogP contribution < -0.4 is 15.4 Å². The topological polar surface area (TPSA) is 86.4 Å². The van der Waals surface area contributed by atoms with Gasteiger partial charge in [0.05, 0.1) is 13.2 Å². The van der Waals surface area contributed by atoms with Crippen LogP contribution in [0.2, 0.25) is 0 Å². The summed E-state index contributed by atoms with van der Waals surface area (Å²) < 4.78 is 10.6. The van der Waals surface area contributed by atoms with Crippen molar-refractivity contribution in [2.45, 2.75) is 27.2 Å². The van der Waals surface area contributed by atoms with Crippen LogP contribution in [-0.2, 0) is 4.74 Å². The molecule has 2 N–H and O–H groups in total. The summed E-state index contributed by atoms with van der Waals surface area (Å²) in [6, 6.07) is 0.278. The first-order chi connectivity index (χ1) is 9.56. The fraction of sp³-hybridized carbons (Fsp3) is 0.769. The van der Waals surface area contributed by atoms with Crippen LogP contribution in [0.3, 0.4) is 0 Å². The summed E-state index contributed by atoms with van der Waals surface area (Å²) in [6.45, 7) is 8.98. The fourth-order valence-corrected chi connectivity index (χ4v) is 1.68. The Labute approximate surface area is 120 Å². The van der Waals surface area contributed by atoms with Crippen LogP contribution in [-0.4, -0.2) is 48.4 Å². The van der Waals surface area contributed by atoms with E-state index in [1.54, 1.807) is 7.11 Å². The molecule has 0 aliphatic carbocycles. The van der Waals surface area contributed by atoms with E-state index in [1.165, 1.54) is 0 Å². The van der Waals surface area contributed by atoms with E-state index in [0.717, 1.165) is 13.0 Å². The summed E-state index contributed by atoms with van der Waals surface area (Å²) in [6.07, 6.45) is 0.889. The van der Waals surface area contributed by atoms with Gasteiger partial charge in [-0.05, 0) is 12.3 Å². The van der Waals surface area contributed by atoms with Gasteiger partial charge in [0.1, 0.15) is 0 Å². The molecule has 0 bridgehead atoms. The van der Waals surface area contributed by atoms with Crippen LogP contribution in [0.1, 0.15) is 27.2 Å². The first-order valence-electron chi connectivity index (χ1n) is 6.95. The molecule has 114 valence electrons. The summed E-state index contributed by atoms with van der Waals surface area (Å²) in [4.78, 5) is 14.5. The number of methoxy groups -OCH3 is 1. The maximum atomic E-state index is 5.73. The summed E-state index contributed by atoms with van der Waals surface area (Å²) >= 11 is 0. The number of nitrogens with two attached hydrogens (primary N) is 1. The molecule has 0 aliphatic heterocycles. The summed E-state index contributed by atoms with van der Waals surface area (Å²) in [5.74, 6) is 1.19. The van der Waals surface area contributed by atoms with E-state index in [-0.39, 0.29) is 12.0 Å². The molecule has 0 radical (unpaired) electrons. The number of rotatable bonds is 9. The van der Waals surface area contributed by atoms with E-state index in [1.807, 2.05) is 11.8 Å². The largest absolute Gasteiger partial charge is 0.463 e. The highest BCUT2D eigenvalue weighted by atomic mass is 16.5. The molecule has 0 fully saturated rings. The van der Waals surface area contributed by atoms with Crippen LogP contribution in [0.25, 0.3) is 0 Å². The molecule has 1 rings (SSSR count). The van der Waals surface area contributed by atoms with Crippen molar-refractivity contribution in [3.05, 3.63) is 0 Å². The average Bonchev–Trinajstić information content (AvgIpc) is 2.40. The third-order valence-corrected chi connectivity index (χ3v) is 2.49. The molecule has 0 saturated heterocycles. The van der Waals surface area contributed by atoms with Crippen LogP contribution in [0.15, 0.2) is 0 Å². The molecule has 0 unspecified atom stereocenters. The number of hydrogen-bond donors (Lipinski definition) is 1. The second kappa shape index (κ2) is 8.52. The summed E-state index contributed by atoms with van der Waals surface area (Å²) in [5, 5.41) is 0. The first-order valence-corrected chi connectivity index (χ1v) is 6.95. The molecule has 0 amide bonds. The Morgan fingerprint density at radius 1 is 1.20 bits per heavy atom. The number of nitrogen functional groups attached to an aromatic ring is 1. The lowest BCUT2D eigenvalue weighted by atomic mass is 10.2. The molecule has 1 heterocycles. The van der Waals surface area contributed by atoms with Gasteiger partial charge in [-0.2, -0.15) is 15.0 Å². The summed E-state index contributed by atoms with van der Waals surface area (Å²) in [5.41, 5.74) is 5.73. The third-order valence-electron chi connectivity index (χ3n) is 2.49. The molecule has 0 spiro atoms. The molecule has 0 aromatic carbocycles. The van der Waals surface area contributed by atoms with Crippen molar-refractivity contribution in [3.8, 4) is 6.01 Å². The van der Waals surface area contributed by atoms with Gasteiger partial charge in [-0.15, -0.1) is 0 Å². The van der Waals surface area contributed by atoms with Gasteiger partial charge in [0.25, 0.3) is 0 Å². The van der Waals surface area contributed by atoms with Gasteiger partial charge >= 0.3 is 6.01 Å². The summed E-state index contributed by atoms with van der Waals surface area (Å²) in [7, 11) is 1.67. The number of aromatic nitrogens is 3. The predicted molar refractivity (Wildman–Crippen MR) is 79.0 cm³/mol. The molecular formula is C13H25N5O2. The van der Waals surface area contributed by atoms with Gasteiger partial charge in [-0.1, -0.05) is 20.8 Å². The van der Waals surface area contributed by atoms with Crippen molar-refractivity contribution in [2.75, 3.05) is 44.0 Å². The van der Waals surface area contributed by atoms with E-state index in [2.05, 4.69) is 28.8 Å². The number of ether oxygens (including phenoxy) is 2. The minimum atomic E-state index is 0.173. The van der Waals surface area contributed by atoms with E-state index in [9.17, 15) is 0 Å². The number of anilines is 2. The standard InChI is InChI=1S/C13H25N5O2/c1-5-7-20-13-16-11(14)15-12(17-13)18(6-8-19-4)9-10(2)3/h10H,5-9H2,1-4H3,(H2,14,15,16,17). The zero-order valence-corrected chi connectivity index (χ0v) is 12.8. The Bertz CT molecular complexity index is 400. The Morgan fingerprint density at radius 2 is 1.95 bits per heavy atom. The van der Waals surface area contributed by atoms with Crippen LogP contribution in [0.5, 0.6) is 6.01 Å². The lowest BCUT2D eigenvalue weighted by Crippen LogP contribution is -2.33. The SMILES string of the molecule is CCCOc1nc(N)nc(N(CCOC)CC(C)C)n1. The highest BCUT2D eigenvalue weighted by molar-refractivity contribution is 5.36. The molecule has 7 nitrogen and oxygen atoms in total. The van der Waals surface area contributed by atoms with Crippen molar-refractivity contribution in [1.82, 2.24) is 15.0 Å². The normalized spacial score (nSPS) is 10.8. The molecule has 7 heteroatoms. The Morgan fingerprint density at radius 3 is 2.55 bits per heavy atom. The minimum Gasteiger partial charge on any atom is -0.463 e. The van der Waals surface area contributed by atoms with Gasteiger partial charge in [0.15, 0.2) is 0 Å². The van der Waals surface area contributed by atoms with Gasteiger partial charge in [0.2, 0.25) is 11.9 Å². The molecule has 0 atom stereocenters. The molecule has 0 aliphatic rings. The van der Waals surface area contributed by atoms with E-state index < -0.39 is 0 Å². The quantitative estimate of drug-likeness (QED) is 0.732. The minimum absolute atomic E-state index is 0.173. The van der Waals surface area contributed by atoms with Crippen molar-refractivity contribution < 1.29 is 9.47 Å². The van der Waals surface area contributed by atoms with Crippen molar-refractivity contribution in [1.29, 1.82) is 0 Å². The highest BCUT2D eigenvalue weighted by Crippen LogP contribution is 2.15. The van der Waals surface area contributed by atoms with Crippen LogP contribution in [0, 0.1) is 5.92 Å². The first kappa shape index (κ1) is 16.4. The molecule has 1 aromatic rings. The van der Waals surface area contributed by atoms with Crippen molar-refractivity contribution >= 4 is 11.9 Å². The lowest BCUT2D eigenvalue weighted by molar-refractivity contribution is 0.204. The Kier molecular flexibility index (Phi) is 7.00. The third kappa shape index (κ3) is 5.56. The predicted octanol–water partition coefficient (Wildman–Crippen LogP) is 1.35. The number of hydrogen-bond acceptors (Lipinski definition) is 7. The zero-order valence-electron chi connectivity index (χ0n) is 12.8. The second-order valence-electron chi connectivity index (χ2n) is 4.96. The van der Waals surface area contributed by atoms with Gasteiger partial charge in [-0.3, -0.25) is 0 Å². The Hall–Kier alpha value is -1.63. The molecule has 1 aromatic heterocycles. The van der Waals surface area contributed by atoms with Crippen LogP contribution >= 0.6 is 0 Å². The van der Waals surface area contributed by atoms with Crippen molar-refractivity contribution in [2.24, 2.45) is 5.92 Å². The zero-order chi connectivity index (χ0) is 15.0. The van der Waals surface area contributed by atoms with Gasteiger partial charge < -0.3 is 20.1 Å². The monoisotopic (exact) mass is 283 g/mol. The highest BCUT2D eigenvalue weighted by Gasteiger charge is 2.14. The fourth-order valence-electron chi connectivity index (χ4n) is 1.68. The van der Waals surface area contributed by atoms with Gasteiger partial charge in [0, 0.05) is 20.2 Å². The second-order valence-corrected chi connectivity index (χ2v) is 4.96. The van der Waals surface area contributed by atoms with Crippen LogP contribution in [0.4, 0.5) is 11.9 Å². The maximum absolute atomic E-state index is 5.73. The van der Waals surface area contributed by atoms with Crippen molar-refractivity contribution in [3.63, 3.8) is 0 Å². The Balaban J connectivity index is 2.89. The molecular weight excluding hydrogens is 258 g/mol. The molecule has 0 saturated carbocycles. The average molecular weight is 283 g/mol. The van der Waals surface area contributed by atoms with Gasteiger partial charge in [-0.25, -0.2) is 0 Å². The smallest absolute Gasteiger partial charge is 0.323 e. The maximum Gasteiger partial charge on any atom is 0.323 e. The molecule has 20 heavy (non-hydrogen) atoms. The van der Waals surface area contributed by atoms with E-state index >= 15 is 0 Å². The van der Waals surface area contributed by atoms with E-state index in [0.29, 0.717) is 31.6 Å². The van der Waals surface area contributed by atoms with E-state index in [4.69, 9.17) is 15.2 Å². The number of nitrogens with zero attached hydrogens (tertiary/aromatic N) is 4. The lowest BCUT2D eigenvalue weighted by Gasteiger charge is -2.24.